The van der Waals surface area contributed by atoms with E-state index < -0.39 is 0 Å². The summed E-state index contributed by atoms with van der Waals surface area (Å²) in [6.07, 6.45) is 2.57. The standard InChI is InChI=1S/C12H14ClN3OS/c1-16(7-8-3-2-5-17-8)10-9-4-6-18-11(9)15-12(13)14-10/h4,6,8H,2-3,5,7H2,1H3. The van der Waals surface area contributed by atoms with Crippen LogP contribution in [0.3, 0.4) is 0 Å². The summed E-state index contributed by atoms with van der Waals surface area (Å²) in [6, 6.07) is 2.04. The molecule has 1 unspecified atom stereocenters. The molecule has 0 amide bonds. The van der Waals surface area contributed by atoms with Gasteiger partial charge in [0.15, 0.2) is 0 Å². The van der Waals surface area contributed by atoms with Crippen LogP contribution in [0.4, 0.5) is 5.82 Å². The minimum Gasteiger partial charge on any atom is -0.376 e. The lowest BCUT2D eigenvalue weighted by molar-refractivity contribution is 0.116. The summed E-state index contributed by atoms with van der Waals surface area (Å²) in [5.41, 5.74) is 0. The summed E-state index contributed by atoms with van der Waals surface area (Å²) in [6.45, 7) is 1.72. The third-order valence-electron chi connectivity index (χ3n) is 3.14. The minimum atomic E-state index is 0.303. The van der Waals surface area contributed by atoms with Gasteiger partial charge < -0.3 is 9.64 Å². The van der Waals surface area contributed by atoms with E-state index in [0.29, 0.717) is 11.4 Å². The van der Waals surface area contributed by atoms with Crippen molar-refractivity contribution < 1.29 is 4.74 Å². The van der Waals surface area contributed by atoms with Crippen molar-refractivity contribution >= 4 is 39.0 Å². The van der Waals surface area contributed by atoms with E-state index in [1.807, 2.05) is 18.5 Å². The van der Waals surface area contributed by atoms with Crippen molar-refractivity contribution in [3.8, 4) is 0 Å². The maximum atomic E-state index is 5.97. The van der Waals surface area contributed by atoms with E-state index >= 15 is 0 Å². The van der Waals surface area contributed by atoms with Gasteiger partial charge in [0.2, 0.25) is 5.28 Å². The normalized spacial score (nSPS) is 19.6. The molecule has 4 nitrogen and oxygen atoms in total. The smallest absolute Gasteiger partial charge is 0.225 e. The van der Waals surface area contributed by atoms with E-state index in [0.717, 1.165) is 42.0 Å². The van der Waals surface area contributed by atoms with Crippen molar-refractivity contribution in [2.24, 2.45) is 0 Å². The predicted molar refractivity (Wildman–Crippen MR) is 74.7 cm³/mol. The van der Waals surface area contributed by atoms with Crippen molar-refractivity contribution in [2.45, 2.75) is 18.9 Å². The van der Waals surface area contributed by atoms with Gasteiger partial charge in [-0.05, 0) is 35.9 Å². The molecule has 0 N–H and O–H groups in total. The van der Waals surface area contributed by atoms with Gasteiger partial charge in [-0.2, -0.15) is 4.98 Å². The first kappa shape index (κ1) is 12.1. The highest BCUT2D eigenvalue weighted by atomic mass is 35.5. The number of hydrogen-bond donors (Lipinski definition) is 0. The van der Waals surface area contributed by atoms with Crippen molar-refractivity contribution in [1.82, 2.24) is 9.97 Å². The maximum absolute atomic E-state index is 5.97. The average molecular weight is 284 g/mol. The van der Waals surface area contributed by atoms with Crippen molar-refractivity contribution in [2.75, 3.05) is 25.1 Å². The number of anilines is 1. The fourth-order valence-corrected chi connectivity index (χ4v) is 3.26. The van der Waals surface area contributed by atoms with Crippen LogP contribution in [0.15, 0.2) is 11.4 Å². The molecule has 3 rings (SSSR count). The number of rotatable bonds is 3. The van der Waals surface area contributed by atoms with Gasteiger partial charge in [0, 0.05) is 20.2 Å². The Balaban J connectivity index is 1.89. The first-order chi connectivity index (χ1) is 8.74. The Morgan fingerprint density at radius 3 is 3.22 bits per heavy atom. The molecule has 1 aliphatic heterocycles. The zero-order valence-electron chi connectivity index (χ0n) is 10.1. The number of ether oxygens (including phenoxy) is 1. The molecule has 0 spiro atoms. The van der Waals surface area contributed by atoms with E-state index in [1.165, 1.54) is 0 Å². The maximum Gasteiger partial charge on any atom is 0.225 e. The number of thiophene rings is 1. The highest BCUT2D eigenvalue weighted by Crippen LogP contribution is 2.29. The number of hydrogen-bond acceptors (Lipinski definition) is 5. The lowest BCUT2D eigenvalue weighted by Gasteiger charge is -2.22. The van der Waals surface area contributed by atoms with Gasteiger partial charge in [0.25, 0.3) is 0 Å². The molecule has 1 aliphatic rings. The monoisotopic (exact) mass is 283 g/mol. The number of fused-ring (bicyclic) bond motifs is 1. The summed E-state index contributed by atoms with van der Waals surface area (Å²) < 4.78 is 5.65. The summed E-state index contributed by atoms with van der Waals surface area (Å²) in [5, 5.41) is 3.38. The van der Waals surface area contributed by atoms with E-state index in [4.69, 9.17) is 16.3 Å². The summed E-state index contributed by atoms with van der Waals surface area (Å²) in [4.78, 5) is 11.6. The molecular weight excluding hydrogens is 270 g/mol. The summed E-state index contributed by atoms with van der Waals surface area (Å²) >= 11 is 7.55. The van der Waals surface area contributed by atoms with Crippen molar-refractivity contribution in [1.29, 1.82) is 0 Å². The van der Waals surface area contributed by atoms with Gasteiger partial charge in [0.05, 0.1) is 11.5 Å². The second-order valence-electron chi connectivity index (χ2n) is 4.47. The first-order valence-corrected chi connectivity index (χ1v) is 7.23. The van der Waals surface area contributed by atoms with E-state index in [2.05, 4.69) is 14.9 Å². The predicted octanol–water partition coefficient (Wildman–Crippen LogP) is 2.96. The molecule has 6 heteroatoms. The third-order valence-corrected chi connectivity index (χ3v) is 4.12. The SMILES string of the molecule is CN(CC1CCCO1)c1nc(Cl)nc2sccc12. The zero-order valence-corrected chi connectivity index (χ0v) is 11.7. The van der Waals surface area contributed by atoms with Gasteiger partial charge in [-0.25, -0.2) is 4.98 Å². The van der Waals surface area contributed by atoms with Crippen LogP contribution in [-0.4, -0.2) is 36.3 Å². The zero-order chi connectivity index (χ0) is 12.5. The van der Waals surface area contributed by atoms with Gasteiger partial charge in [-0.1, -0.05) is 0 Å². The van der Waals surface area contributed by atoms with E-state index in [-0.39, 0.29) is 0 Å². The minimum absolute atomic E-state index is 0.303. The highest BCUT2D eigenvalue weighted by molar-refractivity contribution is 7.16. The van der Waals surface area contributed by atoms with Crippen molar-refractivity contribution in [3.63, 3.8) is 0 Å². The number of nitrogens with zero attached hydrogens (tertiary/aromatic N) is 3. The molecule has 3 heterocycles. The largest absolute Gasteiger partial charge is 0.376 e. The van der Waals surface area contributed by atoms with Crippen LogP contribution in [0.25, 0.3) is 10.2 Å². The van der Waals surface area contributed by atoms with Gasteiger partial charge in [-0.3, -0.25) is 0 Å². The molecule has 2 aromatic rings. The van der Waals surface area contributed by atoms with Crippen LogP contribution in [0.5, 0.6) is 0 Å². The second kappa shape index (κ2) is 4.99. The molecule has 96 valence electrons. The second-order valence-corrected chi connectivity index (χ2v) is 5.70. The Morgan fingerprint density at radius 1 is 1.56 bits per heavy atom. The summed E-state index contributed by atoms with van der Waals surface area (Å²) in [5.74, 6) is 0.891. The van der Waals surface area contributed by atoms with Crippen LogP contribution in [0, 0.1) is 0 Å². The lowest BCUT2D eigenvalue weighted by atomic mass is 10.2. The van der Waals surface area contributed by atoms with Crippen molar-refractivity contribution in [3.05, 3.63) is 16.7 Å². The summed E-state index contributed by atoms with van der Waals surface area (Å²) in [7, 11) is 2.03. The quantitative estimate of drug-likeness (QED) is 0.812. The first-order valence-electron chi connectivity index (χ1n) is 5.97. The molecule has 0 bridgehead atoms. The molecule has 1 saturated heterocycles. The Kier molecular flexibility index (Phi) is 3.37. The van der Waals surface area contributed by atoms with Crippen LogP contribution >= 0.6 is 22.9 Å². The van der Waals surface area contributed by atoms with E-state index in [1.54, 1.807) is 11.3 Å². The highest BCUT2D eigenvalue weighted by Gasteiger charge is 2.20. The van der Waals surface area contributed by atoms with E-state index in [9.17, 15) is 0 Å². The topological polar surface area (TPSA) is 38.2 Å². The molecule has 1 fully saturated rings. The number of aromatic nitrogens is 2. The van der Waals surface area contributed by atoms with Crippen LogP contribution in [-0.2, 0) is 4.74 Å². The van der Waals surface area contributed by atoms with Crippen LogP contribution < -0.4 is 4.90 Å². The molecule has 0 aromatic carbocycles. The molecule has 1 atom stereocenters. The Bertz CT molecular complexity index is 553. The Labute approximate surface area is 115 Å². The fourth-order valence-electron chi connectivity index (χ4n) is 2.29. The molecule has 0 aliphatic carbocycles. The number of halogens is 1. The fraction of sp³-hybridized carbons (Fsp3) is 0.500. The van der Waals surface area contributed by atoms with Gasteiger partial charge >= 0.3 is 0 Å². The van der Waals surface area contributed by atoms with Crippen LogP contribution in [0.1, 0.15) is 12.8 Å². The average Bonchev–Trinajstić information content (AvgIpc) is 2.97. The Hall–Kier alpha value is -0.910. The molecule has 0 radical (unpaired) electrons. The molecule has 0 saturated carbocycles. The lowest BCUT2D eigenvalue weighted by Crippen LogP contribution is -2.29. The molecular formula is C12H14ClN3OS. The molecule has 2 aromatic heterocycles. The third kappa shape index (κ3) is 2.30. The van der Waals surface area contributed by atoms with Crippen LogP contribution in [0.2, 0.25) is 5.28 Å². The molecule has 18 heavy (non-hydrogen) atoms. The Morgan fingerprint density at radius 2 is 2.44 bits per heavy atom. The van der Waals surface area contributed by atoms with Gasteiger partial charge in [-0.15, -0.1) is 11.3 Å². The number of likely N-dealkylation sites (N-methyl/N-ethyl adjacent to an activating group) is 1. The van der Waals surface area contributed by atoms with Gasteiger partial charge in [0.1, 0.15) is 10.6 Å².